The molecule has 3 heterocycles. The number of methoxy groups -OCH3 is 1. The first-order chi connectivity index (χ1) is 19.3. The molecule has 5 aromatic rings. The number of phenolic OH excluding ortho intramolecular Hbond substituents is 1. The molecule has 2 aromatic heterocycles. The van der Waals surface area contributed by atoms with E-state index in [-0.39, 0.29) is 51.3 Å². The van der Waals surface area contributed by atoms with Crippen molar-refractivity contribution in [3.8, 4) is 35.4 Å². The summed E-state index contributed by atoms with van der Waals surface area (Å²) >= 11 is 0. The number of anilines is 2. The predicted molar refractivity (Wildman–Crippen MR) is 148 cm³/mol. The second-order valence-electron chi connectivity index (χ2n) is 9.35. The molecule has 40 heavy (non-hydrogen) atoms. The summed E-state index contributed by atoms with van der Waals surface area (Å²) in [6.45, 7) is 1.98. The molecule has 1 aliphatic heterocycles. The molecule has 1 aliphatic rings. The summed E-state index contributed by atoms with van der Waals surface area (Å²) in [4.78, 5) is 33.9. The number of fused-ring (bicyclic) bond motifs is 3. The molecule has 6 rings (SSSR count). The Morgan fingerprint density at radius 2 is 2.00 bits per heavy atom. The average molecular weight is 537 g/mol. The third kappa shape index (κ3) is 4.05. The first-order valence-corrected chi connectivity index (χ1v) is 12.2. The largest absolute Gasteiger partial charge is 0.508 e. The van der Waals surface area contributed by atoms with Crippen molar-refractivity contribution in [3.05, 3.63) is 81.0 Å². The number of phenols is 1. The van der Waals surface area contributed by atoms with Crippen molar-refractivity contribution < 1.29 is 23.4 Å². The number of hydrogen-bond acceptors (Lipinski definition) is 8. The quantitative estimate of drug-likeness (QED) is 0.277. The number of amides is 1. The summed E-state index contributed by atoms with van der Waals surface area (Å²) in [6.07, 6.45) is 5.93. The zero-order valence-corrected chi connectivity index (χ0v) is 21.4. The van der Waals surface area contributed by atoms with Crippen LogP contribution in [0.3, 0.4) is 0 Å². The summed E-state index contributed by atoms with van der Waals surface area (Å²) in [5.74, 6) is 1.82. The van der Waals surface area contributed by atoms with Crippen LogP contribution in [0.5, 0.6) is 11.8 Å². The number of aromatic nitrogens is 2. The second kappa shape index (κ2) is 9.39. The van der Waals surface area contributed by atoms with E-state index in [0.717, 1.165) is 16.8 Å². The SMILES string of the molecule is C#Cc1c(F)ccc2cc(O)cc(-c3oc(=O)c4c(NCc5ccc6c(c5)CC(=O)N6)nc(OC)nc4c3C)c12. The predicted octanol–water partition coefficient (Wildman–Crippen LogP) is 4.65. The highest BCUT2D eigenvalue weighted by atomic mass is 19.1. The van der Waals surface area contributed by atoms with Gasteiger partial charge in [0.1, 0.15) is 28.5 Å². The van der Waals surface area contributed by atoms with E-state index in [2.05, 4.69) is 26.5 Å². The zero-order valence-electron chi connectivity index (χ0n) is 21.4. The number of aryl methyl sites for hydroxylation is 1. The standard InChI is InChI=1S/C30H21FN4O5/c1-4-19-21(31)7-6-16-10-18(36)12-20(24(16)19)27-14(2)26-25(29(38)40-27)28(35-30(34-26)39-3)32-13-15-5-8-22-17(9-15)11-23(37)33-22/h1,5-10,12,36H,11,13H2,2-3H3,(H,33,37)(H,32,34,35). The molecule has 0 fully saturated rings. The summed E-state index contributed by atoms with van der Waals surface area (Å²) in [7, 11) is 1.40. The van der Waals surface area contributed by atoms with Crippen molar-refractivity contribution in [2.24, 2.45) is 0 Å². The Bertz CT molecular complexity index is 1990. The third-order valence-electron chi connectivity index (χ3n) is 6.86. The number of rotatable bonds is 5. The van der Waals surface area contributed by atoms with Crippen molar-refractivity contribution in [3.63, 3.8) is 0 Å². The molecule has 3 N–H and O–H groups in total. The molecular formula is C30H21FN4O5. The fourth-order valence-corrected chi connectivity index (χ4v) is 5.03. The number of terminal acetylenes is 1. The normalized spacial score (nSPS) is 12.3. The molecule has 1 amide bonds. The van der Waals surface area contributed by atoms with Gasteiger partial charge in [0.15, 0.2) is 0 Å². The van der Waals surface area contributed by atoms with Crippen molar-refractivity contribution in [2.75, 3.05) is 17.7 Å². The number of halogens is 1. The number of ether oxygens (including phenoxy) is 1. The number of benzene rings is 3. The van der Waals surface area contributed by atoms with Crippen molar-refractivity contribution in [1.82, 2.24) is 9.97 Å². The van der Waals surface area contributed by atoms with Crippen molar-refractivity contribution in [2.45, 2.75) is 19.9 Å². The van der Waals surface area contributed by atoms with Crippen LogP contribution in [0, 0.1) is 25.1 Å². The summed E-state index contributed by atoms with van der Waals surface area (Å²) < 4.78 is 25.8. The van der Waals surface area contributed by atoms with E-state index in [1.807, 2.05) is 18.2 Å². The zero-order chi connectivity index (χ0) is 28.1. The first-order valence-electron chi connectivity index (χ1n) is 12.2. The van der Waals surface area contributed by atoms with Gasteiger partial charge in [-0.05, 0) is 47.7 Å². The monoisotopic (exact) mass is 536 g/mol. The van der Waals surface area contributed by atoms with Gasteiger partial charge in [-0.15, -0.1) is 6.42 Å². The van der Waals surface area contributed by atoms with Crippen LogP contribution in [0.15, 0.2) is 51.7 Å². The van der Waals surface area contributed by atoms with E-state index < -0.39 is 11.4 Å². The van der Waals surface area contributed by atoms with Gasteiger partial charge in [-0.1, -0.05) is 24.1 Å². The van der Waals surface area contributed by atoms with Gasteiger partial charge in [0, 0.05) is 28.7 Å². The molecule has 0 atom stereocenters. The Morgan fingerprint density at radius 1 is 1.18 bits per heavy atom. The molecule has 0 bridgehead atoms. The van der Waals surface area contributed by atoms with E-state index in [1.165, 1.54) is 31.4 Å². The van der Waals surface area contributed by atoms with E-state index in [4.69, 9.17) is 15.6 Å². The minimum absolute atomic E-state index is 0.00882. The molecule has 0 radical (unpaired) electrons. The highest BCUT2D eigenvalue weighted by molar-refractivity contribution is 6.03. The Morgan fingerprint density at radius 3 is 2.77 bits per heavy atom. The minimum Gasteiger partial charge on any atom is -0.508 e. The van der Waals surface area contributed by atoms with Crippen LogP contribution < -0.4 is 21.0 Å². The van der Waals surface area contributed by atoms with Crippen LogP contribution >= 0.6 is 0 Å². The molecule has 0 unspecified atom stereocenters. The van der Waals surface area contributed by atoms with Crippen molar-refractivity contribution >= 4 is 39.1 Å². The number of nitrogens with one attached hydrogen (secondary N) is 2. The molecule has 9 nitrogen and oxygen atoms in total. The lowest BCUT2D eigenvalue weighted by Crippen LogP contribution is -2.12. The van der Waals surface area contributed by atoms with Gasteiger partial charge >= 0.3 is 11.6 Å². The van der Waals surface area contributed by atoms with E-state index in [1.54, 1.807) is 6.92 Å². The summed E-state index contributed by atoms with van der Waals surface area (Å²) in [6, 6.07) is 11.1. The van der Waals surface area contributed by atoms with Gasteiger partial charge in [-0.2, -0.15) is 9.97 Å². The minimum atomic E-state index is -0.750. The Balaban J connectivity index is 1.51. The molecule has 3 aromatic carbocycles. The van der Waals surface area contributed by atoms with Crippen LogP contribution in [-0.2, 0) is 17.8 Å². The van der Waals surface area contributed by atoms with Gasteiger partial charge in [0.05, 0.1) is 24.6 Å². The van der Waals surface area contributed by atoms with Crippen molar-refractivity contribution in [1.29, 1.82) is 0 Å². The van der Waals surface area contributed by atoms with Crippen LogP contribution in [0.1, 0.15) is 22.3 Å². The lowest BCUT2D eigenvalue weighted by molar-refractivity contribution is -0.115. The lowest BCUT2D eigenvalue weighted by atomic mass is 9.95. The van der Waals surface area contributed by atoms with E-state index >= 15 is 0 Å². The topological polar surface area (TPSA) is 127 Å². The maximum absolute atomic E-state index is 14.7. The number of aromatic hydroxyl groups is 1. The van der Waals surface area contributed by atoms with E-state index in [9.17, 15) is 19.1 Å². The van der Waals surface area contributed by atoms with Crippen LogP contribution in [-0.4, -0.2) is 28.1 Å². The Kier molecular flexibility index (Phi) is 5.84. The molecule has 0 saturated heterocycles. The molecular weight excluding hydrogens is 515 g/mol. The smallest absolute Gasteiger partial charge is 0.349 e. The molecule has 10 heteroatoms. The Hall–Kier alpha value is -5.43. The number of carbonyl (C=O) groups excluding carboxylic acids is 1. The van der Waals surface area contributed by atoms with Crippen LogP contribution in [0.25, 0.3) is 33.0 Å². The van der Waals surface area contributed by atoms with Crippen LogP contribution in [0.4, 0.5) is 15.9 Å². The number of nitrogens with zero attached hydrogens (tertiary/aromatic N) is 2. The van der Waals surface area contributed by atoms with Gasteiger partial charge in [0.25, 0.3) is 0 Å². The lowest BCUT2D eigenvalue weighted by Gasteiger charge is -2.15. The number of hydrogen-bond donors (Lipinski definition) is 3. The van der Waals surface area contributed by atoms with Gasteiger partial charge in [-0.25, -0.2) is 9.18 Å². The molecule has 0 aliphatic carbocycles. The highest BCUT2D eigenvalue weighted by Gasteiger charge is 2.23. The van der Waals surface area contributed by atoms with Gasteiger partial charge in [-0.3, -0.25) is 4.79 Å². The molecule has 0 spiro atoms. The fourth-order valence-electron chi connectivity index (χ4n) is 5.03. The second-order valence-corrected chi connectivity index (χ2v) is 9.35. The van der Waals surface area contributed by atoms with Crippen LogP contribution in [0.2, 0.25) is 0 Å². The summed E-state index contributed by atoms with van der Waals surface area (Å²) in [5.41, 5.74) is 2.68. The third-order valence-corrected chi connectivity index (χ3v) is 6.86. The molecule has 198 valence electrons. The van der Waals surface area contributed by atoms with E-state index in [0.29, 0.717) is 29.3 Å². The fraction of sp³-hybridized carbons (Fsp3) is 0.133. The molecule has 0 saturated carbocycles. The summed E-state index contributed by atoms with van der Waals surface area (Å²) in [5, 5.41) is 17.2. The van der Waals surface area contributed by atoms with Gasteiger partial charge in [0.2, 0.25) is 5.91 Å². The van der Waals surface area contributed by atoms with Gasteiger partial charge < -0.3 is 24.9 Å². The first kappa shape index (κ1) is 24.9. The number of carbonyl (C=O) groups is 1. The highest BCUT2D eigenvalue weighted by Crippen LogP contribution is 2.38. The maximum atomic E-state index is 14.7. The Labute approximate surface area is 226 Å². The average Bonchev–Trinajstić information content (AvgIpc) is 3.32. The maximum Gasteiger partial charge on any atom is 0.349 e.